The van der Waals surface area contributed by atoms with Crippen LogP contribution >= 0.6 is 45.8 Å². The van der Waals surface area contributed by atoms with Crippen molar-refractivity contribution >= 4 is 63.6 Å². The average molecular weight is 485 g/mol. The summed E-state index contributed by atoms with van der Waals surface area (Å²) in [5.41, 5.74) is 0.768. The third-order valence-electron chi connectivity index (χ3n) is 3.15. The van der Waals surface area contributed by atoms with Gasteiger partial charge < -0.3 is 9.73 Å². The summed E-state index contributed by atoms with van der Waals surface area (Å²) in [6.45, 7) is 0. The lowest BCUT2D eigenvalue weighted by atomic mass is 10.2. The first-order valence-corrected chi connectivity index (χ1v) is 9.00. The van der Waals surface area contributed by atoms with Crippen molar-refractivity contribution in [3.63, 3.8) is 0 Å². The van der Waals surface area contributed by atoms with E-state index in [-0.39, 0.29) is 5.91 Å². The molecule has 0 bridgehead atoms. The summed E-state index contributed by atoms with van der Waals surface area (Å²) >= 11 is 14.1. The molecular formula is C18H11Cl2IN2O2. The summed E-state index contributed by atoms with van der Waals surface area (Å²) in [4.78, 5) is 16.0. The van der Waals surface area contributed by atoms with Gasteiger partial charge in [-0.2, -0.15) is 0 Å². The third-order valence-corrected chi connectivity index (χ3v) is 4.23. The van der Waals surface area contributed by atoms with Crippen LogP contribution in [0.4, 0.5) is 5.82 Å². The largest absolute Gasteiger partial charge is 0.457 e. The van der Waals surface area contributed by atoms with Crippen molar-refractivity contribution in [3.8, 4) is 11.3 Å². The number of furan rings is 1. The van der Waals surface area contributed by atoms with Crippen LogP contribution in [0.1, 0.15) is 5.76 Å². The van der Waals surface area contributed by atoms with E-state index in [4.69, 9.17) is 27.6 Å². The van der Waals surface area contributed by atoms with Crippen LogP contribution in [0.3, 0.4) is 0 Å². The monoisotopic (exact) mass is 484 g/mol. The molecule has 0 aliphatic carbocycles. The molecule has 0 unspecified atom stereocenters. The highest BCUT2D eigenvalue weighted by molar-refractivity contribution is 14.1. The summed E-state index contributed by atoms with van der Waals surface area (Å²) in [7, 11) is 0. The molecule has 3 rings (SSSR count). The van der Waals surface area contributed by atoms with Gasteiger partial charge in [-0.15, -0.1) is 0 Å². The number of hydrogen-bond donors (Lipinski definition) is 1. The standard InChI is InChI=1S/C18H11Cl2IN2O2/c19-12-7-11(8-13(20)9-12)16-4-2-15(25-16)3-6-18(24)23-17-5-1-14(21)10-22-17/h1-10H,(H,22,23,24)/b6-3+. The predicted octanol–water partition coefficient (Wildman–Crippen LogP) is 5.90. The van der Waals surface area contributed by atoms with E-state index in [0.29, 0.717) is 27.4 Å². The number of nitrogens with one attached hydrogen (secondary N) is 1. The van der Waals surface area contributed by atoms with Crippen molar-refractivity contribution in [1.82, 2.24) is 4.98 Å². The second kappa shape index (κ2) is 8.03. The maximum atomic E-state index is 11.9. The number of nitrogens with zero attached hydrogens (tertiary/aromatic N) is 1. The minimum atomic E-state index is -0.294. The van der Waals surface area contributed by atoms with Crippen LogP contribution < -0.4 is 5.32 Å². The fraction of sp³-hybridized carbons (Fsp3) is 0. The van der Waals surface area contributed by atoms with E-state index in [1.165, 1.54) is 6.08 Å². The van der Waals surface area contributed by atoms with Crippen LogP contribution in [-0.4, -0.2) is 10.9 Å². The van der Waals surface area contributed by atoms with Crippen molar-refractivity contribution in [1.29, 1.82) is 0 Å². The van der Waals surface area contributed by atoms with E-state index in [9.17, 15) is 4.79 Å². The zero-order valence-corrected chi connectivity index (χ0v) is 16.3. The topological polar surface area (TPSA) is 55.1 Å². The highest BCUT2D eigenvalue weighted by atomic mass is 127. The number of aromatic nitrogens is 1. The summed E-state index contributed by atoms with van der Waals surface area (Å²) in [6, 6.07) is 12.3. The Hall–Kier alpha value is -1.83. The van der Waals surface area contributed by atoms with E-state index in [2.05, 4.69) is 32.9 Å². The summed E-state index contributed by atoms with van der Waals surface area (Å²) in [6.07, 6.45) is 4.64. The first-order valence-electron chi connectivity index (χ1n) is 7.16. The van der Waals surface area contributed by atoms with Gasteiger partial charge in [0.2, 0.25) is 5.91 Å². The van der Waals surface area contributed by atoms with Crippen molar-refractivity contribution in [3.05, 3.63) is 74.1 Å². The van der Waals surface area contributed by atoms with Crippen LogP contribution in [0.15, 0.2) is 59.2 Å². The van der Waals surface area contributed by atoms with Crippen LogP contribution in [-0.2, 0) is 4.79 Å². The lowest BCUT2D eigenvalue weighted by Gasteiger charge is -2.00. The zero-order chi connectivity index (χ0) is 17.8. The van der Waals surface area contributed by atoms with E-state index < -0.39 is 0 Å². The minimum absolute atomic E-state index is 0.294. The lowest BCUT2D eigenvalue weighted by molar-refractivity contribution is -0.111. The van der Waals surface area contributed by atoms with Gasteiger partial charge in [0.25, 0.3) is 0 Å². The van der Waals surface area contributed by atoms with Gasteiger partial charge >= 0.3 is 0 Å². The minimum Gasteiger partial charge on any atom is -0.457 e. The highest BCUT2D eigenvalue weighted by Crippen LogP contribution is 2.28. The number of pyridine rings is 1. The molecule has 0 atom stereocenters. The molecule has 126 valence electrons. The molecule has 0 radical (unpaired) electrons. The second-order valence-corrected chi connectivity index (χ2v) is 7.16. The van der Waals surface area contributed by atoms with Crippen molar-refractivity contribution in [2.24, 2.45) is 0 Å². The van der Waals surface area contributed by atoms with E-state index >= 15 is 0 Å². The Labute approximate surface area is 168 Å². The molecule has 7 heteroatoms. The first kappa shape index (κ1) is 18.0. The average Bonchev–Trinajstić information content (AvgIpc) is 3.03. The van der Waals surface area contributed by atoms with Crippen molar-refractivity contribution < 1.29 is 9.21 Å². The third kappa shape index (κ3) is 5.07. The number of halogens is 3. The first-order chi connectivity index (χ1) is 12.0. The quantitative estimate of drug-likeness (QED) is 0.370. The Kier molecular flexibility index (Phi) is 5.78. The molecule has 2 aromatic heterocycles. The molecule has 0 aliphatic heterocycles. The molecule has 0 saturated carbocycles. The number of carbonyl (C=O) groups is 1. The molecule has 1 amide bonds. The van der Waals surface area contributed by atoms with Gasteiger partial charge in [-0.3, -0.25) is 4.79 Å². The molecule has 0 fully saturated rings. The normalized spacial score (nSPS) is 11.0. The molecular weight excluding hydrogens is 474 g/mol. The molecule has 0 spiro atoms. The smallest absolute Gasteiger partial charge is 0.249 e. The van der Waals surface area contributed by atoms with Gasteiger partial charge in [-0.1, -0.05) is 23.2 Å². The number of benzene rings is 1. The molecule has 2 heterocycles. The molecule has 1 aromatic carbocycles. The Morgan fingerprint density at radius 3 is 2.56 bits per heavy atom. The van der Waals surface area contributed by atoms with Crippen LogP contribution in [0.5, 0.6) is 0 Å². The molecule has 25 heavy (non-hydrogen) atoms. The summed E-state index contributed by atoms with van der Waals surface area (Å²) in [5, 5.41) is 3.73. The van der Waals surface area contributed by atoms with Gasteiger partial charge in [-0.25, -0.2) is 4.98 Å². The second-order valence-electron chi connectivity index (χ2n) is 5.04. The van der Waals surface area contributed by atoms with Gasteiger partial charge in [0.1, 0.15) is 17.3 Å². The highest BCUT2D eigenvalue weighted by Gasteiger charge is 2.06. The Morgan fingerprint density at radius 2 is 1.88 bits per heavy atom. The number of rotatable bonds is 4. The number of anilines is 1. The van der Waals surface area contributed by atoms with E-state index in [0.717, 1.165) is 9.13 Å². The number of carbonyl (C=O) groups excluding carboxylic acids is 1. The molecule has 0 aliphatic rings. The number of hydrogen-bond acceptors (Lipinski definition) is 3. The SMILES string of the molecule is O=C(/C=C/c1ccc(-c2cc(Cl)cc(Cl)c2)o1)Nc1ccc(I)cn1. The van der Waals surface area contributed by atoms with E-state index in [1.807, 2.05) is 6.07 Å². The Balaban J connectivity index is 1.69. The lowest BCUT2D eigenvalue weighted by Crippen LogP contribution is -2.08. The molecule has 1 N–H and O–H groups in total. The van der Waals surface area contributed by atoms with Gasteiger partial charge in [0.05, 0.1) is 0 Å². The van der Waals surface area contributed by atoms with Gasteiger partial charge in [0.15, 0.2) is 0 Å². The zero-order valence-electron chi connectivity index (χ0n) is 12.7. The fourth-order valence-electron chi connectivity index (χ4n) is 2.07. The summed E-state index contributed by atoms with van der Waals surface area (Å²) in [5.74, 6) is 1.35. The van der Waals surface area contributed by atoms with Crippen LogP contribution in [0.2, 0.25) is 10.0 Å². The molecule has 4 nitrogen and oxygen atoms in total. The van der Waals surface area contributed by atoms with Crippen LogP contribution in [0, 0.1) is 3.57 Å². The van der Waals surface area contributed by atoms with E-state index in [1.54, 1.807) is 48.7 Å². The fourth-order valence-corrected chi connectivity index (χ4v) is 2.91. The predicted molar refractivity (Wildman–Crippen MR) is 109 cm³/mol. The maximum absolute atomic E-state index is 11.9. The maximum Gasteiger partial charge on any atom is 0.249 e. The van der Waals surface area contributed by atoms with Crippen molar-refractivity contribution in [2.45, 2.75) is 0 Å². The summed E-state index contributed by atoms with van der Waals surface area (Å²) < 4.78 is 6.69. The Morgan fingerprint density at radius 1 is 1.12 bits per heavy atom. The van der Waals surface area contributed by atoms with Crippen LogP contribution in [0.25, 0.3) is 17.4 Å². The van der Waals surface area contributed by atoms with Crippen molar-refractivity contribution in [2.75, 3.05) is 5.32 Å². The molecule has 0 saturated heterocycles. The van der Waals surface area contributed by atoms with Gasteiger partial charge in [0, 0.05) is 31.5 Å². The van der Waals surface area contributed by atoms with Gasteiger partial charge in [-0.05, 0) is 71.1 Å². The molecule has 3 aromatic rings. The Bertz CT molecular complexity index is 916. The number of amides is 1.